The highest BCUT2D eigenvalue weighted by molar-refractivity contribution is 4.95. The highest BCUT2D eigenvalue weighted by Crippen LogP contribution is 2.21. The third-order valence-corrected chi connectivity index (χ3v) is 2.36. The summed E-state index contributed by atoms with van der Waals surface area (Å²) < 4.78 is 0. The van der Waals surface area contributed by atoms with Crippen LogP contribution in [-0.2, 0) is 0 Å². The maximum atomic E-state index is 9.43. The van der Waals surface area contributed by atoms with Gasteiger partial charge in [0.2, 0.25) is 0 Å². The van der Waals surface area contributed by atoms with Gasteiger partial charge in [-0.15, -0.1) is 0 Å². The summed E-state index contributed by atoms with van der Waals surface area (Å²) >= 11 is 0. The monoisotopic (exact) mass is 144 g/mol. The number of nitrogens with one attached hydrogen (secondary N) is 1. The Morgan fingerprint density at radius 2 is 2.50 bits per heavy atom. The van der Waals surface area contributed by atoms with E-state index in [9.17, 15) is 5.11 Å². The lowest BCUT2D eigenvalue weighted by Crippen LogP contribution is -2.50. The molecule has 4 N–H and O–H groups in total. The van der Waals surface area contributed by atoms with E-state index < -0.39 is 6.10 Å². The second-order valence-electron chi connectivity index (χ2n) is 3.20. The van der Waals surface area contributed by atoms with Crippen LogP contribution in [0.4, 0.5) is 0 Å². The van der Waals surface area contributed by atoms with Crippen LogP contribution in [0.15, 0.2) is 0 Å². The number of hydrogen-bond acceptors (Lipinski definition) is 3. The Balaban J connectivity index is 2.49. The topological polar surface area (TPSA) is 58.3 Å². The van der Waals surface area contributed by atoms with Crippen LogP contribution in [-0.4, -0.2) is 29.8 Å². The van der Waals surface area contributed by atoms with Crippen LogP contribution < -0.4 is 11.1 Å². The van der Waals surface area contributed by atoms with E-state index in [4.69, 9.17) is 5.73 Å². The van der Waals surface area contributed by atoms with E-state index in [-0.39, 0.29) is 5.54 Å². The predicted octanol–water partition coefficient (Wildman–Crippen LogP) is -0.552. The van der Waals surface area contributed by atoms with Crippen molar-refractivity contribution in [3.63, 3.8) is 0 Å². The second kappa shape index (κ2) is 2.86. The molecular formula is C7H16N2O. The van der Waals surface area contributed by atoms with Gasteiger partial charge in [-0.3, -0.25) is 0 Å². The summed E-state index contributed by atoms with van der Waals surface area (Å²) in [7, 11) is 0. The van der Waals surface area contributed by atoms with E-state index in [1.54, 1.807) is 0 Å². The summed E-state index contributed by atoms with van der Waals surface area (Å²) in [6.45, 7) is 3.38. The first-order chi connectivity index (χ1) is 4.69. The van der Waals surface area contributed by atoms with Crippen LogP contribution in [0.25, 0.3) is 0 Å². The van der Waals surface area contributed by atoms with E-state index in [0.717, 1.165) is 19.4 Å². The Kier molecular flexibility index (Phi) is 2.28. The standard InChI is InChI=1S/C7H16N2O/c1-7(6(10)5-8)3-2-4-9-7/h6,9-10H,2-5,8H2,1H3. The summed E-state index contributed by atoms with van der Waals surface area (Å²) in [5, 5.41) is 12.7. The molecule has 60 valence electrons. The molecule has 0 aromatic heterocycles. The average molecular weight is 144 g/mol. The first-order valence-electron chi connectivity index (χ1n) is 3.82. The van der Waals surface area contributed by atoms with Gasteiger partial charge < -0.3 is 16.2 Å². The van der Waals surface area contributed by atoms with Crippen LogP contribution in [0.2, 0.25) is 0 Å². The van der Waals surface area contributed by atoms with Crippen molar-refractivity contribution < 1.29 is 5.11 Å². The molecule has 0 aromatic carbocycles. The molecule has 3 nitrogen and oxygen atoms in total. The molecule has 0 radical (unpaired) electrons. The molecule has 1 saturated heterocycles. The van der Waals surface area contributed by atoms with Gasteiger partial charge in [0, 0.05) is 12.1 Å². The second-order valence-corrected chi connectivity index (χ2v) is 3.20. The minimum atomic E-state index is -0.394. The quantitative estimate of drug-likeness (QED) is 0.487. The summed E-state index contributed by atoms with van der Waals surface area (Å²) in [6, 6.07) is 0. The zero-order valence-electron chi connectivity index (χ0n) is 6.43. The van der Waals surface area contributed by atoms with Gasteiger partial charge in [0.25, 0.3) is 0 Å². The third-order valence-electron chi connectivity index (χ3n) is 2.36. The van der Waals surface area contributed by atoms with E-state index in [1.165, 1.54) is 0 Å². The van der Waals surface area contributed by atoms with E-state index in [0.29, 0.717) is 6.54 Å². The lowest BCUT2D eigenvalue weighted by Gasteiger charge is -2.29. The summed E-state index contributed by atoms with van der Waals surface area (Å²) in [5.74, 6) is 0. The maximum absolute atomic E-state index is 9.43. The first-order valence-corrected chi connectivity index (χ1v) is 3.82. The lowest BCUT2D eigenvalue weighted by molar-refractivity contribution is 0.0890. The van der Waals surface area contributed by atoms with Crippen molar-refractivity contribution in [2.45, 2.75) is 31.4 Å². The van der Waals surface area contributed by atoms with E-state index in [2.05, 4.69) is 5.32 Å². The Morgan fingerprint density at radius 1 is 1.80 bits per heavy atom. The van der Waals surface area contributed by atoms with Crippen LogP contribution in [0, 0.1) is 0 Å². The van der Waals surface area contributed by atoms with Gasteiger partial charge in [-0.25, -0.2) is 0 Å². The maximum Gasteiger partial charge on any atom is 0.0840 e. The van der Waals surface area contributed by atoms with Crippen molar-refractivity contribution in [3.05, 3.63) is 0 Å². The number of aliphatic hydroxyl groups excluding tert-OH is 1. The van der Waals surface area contributed by atoms with Gasteiger partial charge in [-0.1, -0.05) is 0 Å². The third kappa shape index (κ3) is 1.31. The minimum absolute atomic E-state index is 0.116. The molecule has 2 unspecified atom stereocenters. The van der Waals surface area contributed by atoms with Crippen LogP contribution in [0.3, 0.4) is 0 Å². The molecule has 0 amide bonds. The fourth-order valence-corrected chi connectivity index (χ4v) is 1.46. The predicted molar refractivity (Wildman–Crippen MR) is 40.7 cm³/mol. The highest BCUT2D eigenvalue weighted by atomic mass is 16.3. The molecule has 0 aliphatic carbocycles. The number of aliphatic hydroxyl groups is 1. The number of hydrogen-bond donors (Lipinski definition) is 3. The highest BCUT2D eigenvalue weighted by Gasteiger charge is 2.34. The smallest absolute Gasteiger partial charge is 0.0840 e. The number of nitrogens with two attached hydrogens (primary N) is 1. The van der Waals surface area contributed by atoms with Gasteiger partial charge in [-0.2, -0.15) is 0 Å². The molecule has 1 aliphatic heterocycles. The SMILES string of the molecule is CC1(C(O)CN)CCCN1. The van der Waals surface area contributed by atoms with Crippen molar-refractivity contribution in [1.29, 1.82) is 0 Å². The molecular weight excluding hydrogens is 128 g/mol. The molecule has 0 aromatic rings. The molecule has 0 spiro atoms. The van der Waals surface area contributed by atoms with Gasteiger partial charge in [0.1, 0.15) is 0 Å². The number of rotatable bonds is 2. The molecule has 1 fully saturated rings. The van der Waals surface area contributed by atoms with Gasteiger partial charge >= 0.3 is 0 Å². The lowest BCUT2D eigenvalue weighted by atomic mass is 9.93. The molecule has 0 saturated carbocycles. The van der Waals surface area contributed by atoms with Gasteiger partial charge in [0.05, 0.1) is 6.10 Å². The zero-order valence-corrected chi connectivity index (χ0v) is 6.43. The largest absolute Gasteiger partial charge is 0.390 e. The Morgan fingerprint density at radius 3 is 2.90 bits per heavy atom. The van der Waals surface area contributed by atoms with Gasteiger partial charge in [-0.05, 0) is 26.3 Å². The van der Waals surface area contributed by atoms with Gasteiger partial charge in [0.15, 0.2) is 0 Å². The molecule has 1 aliphatic rings. The van der Waals surface area contributed by atoms with Crippen molar-refractivity contribution in [2.75, 3.05) is 13.1 Å². The van der Waals surface area contributed by atoms with Crippen molar-refractivity contribution in [2.24, 2.45) is 5.73 Å². The molecule has 1 heterocycles. The molecule has 2 atom stereocenters. The van der Waals surface area contributed by atoms with E-state index >= 15 is 0 Å². The summed E-state index contributed by atoms with van der Waals surface area (Å²) in [5.41, 5.74) is 5.23. The fourth-order valence-electron chi connectivity index (χ4n) is 1.46. The van der Waals surface area contributed by atoms with Crippen LogP contribution >= 0.6 is 0 Å². The normalized spacial score (nSPS) is 36.3. The molecule has 10 heavy (non-hydrogen) atoms. The Labute approximate surface area is 61.6 Å². The Hall–Kier alpha value is -0.120. The van der Waals surface area contributed by atoms with Crippen molar-refractivity contribution in [1.82, 2.24) is 5.32 Å². The Bertz CT molecular complexity index is 110. The molecule has 3 heteroatoms. The zero-order chi connectivity index (χ0) is 7.61. The van der Waals surface area contributed by atoms with Crippen LogP contribution in [0.5, 0.6) is 0 Å². The first kappa shape index (κ1) is 7.98. The van der Waals surface area contributed by atoms with Crippen molar-refractivity contribution in [3.8, 4) is 0 Å². The van der Waals surface area contributed by atoms with Crippen molar-refractivity contribution >= 4 is 0 Å². The molecule has 0 bridgehead atoms. The summed E-state index contributed by atoms with van der Waals surface area (Å²) in [6.07, 6.45) is 1.79. The fraction of sp³-hybridized carbons (Fsp3) is 1.00. The summed E-state index contributed by atoms with van der Waals surface area (Å²) in [4.78, 5) is 0. The minimum Gasteiger partial charge on any atom is -0.390 e. The molecule has 1 rings (SSSR count). The average Bonchev–Trinajstić information content (AvgIpc) is 2.36. The van der Waals surface area contributed by atoms with E-state index in [1.807, 2.05) is 6.92 Å². The van der Waals surface area contributed by atoms with Crippen LogP contribution in [0.1, 0.15) is 19.8 Å².